The van der Waals surface area contributed by atoms with Gasteiger partial charge in [0, 0.05) is 6.42 Å². The van der Waals surface area contributed by atoms with Crippen molar-refractivity contribution in [1.29, 1.82) is 0 Å². The molecule has 92 valence electrons. The van der Waals surface area contributed by atoms with Crippen molar-refractivity contribution in [3.63, 3.8) is 0 Å². The quantitative estimate of drug-likeness (QED) is 0.231. The minimum Gasteiger partial charge on any atom is -0.393 e. The zero-order valence-electron chi connectivity index (χ0n) is 8.50. The predicted molar refractivity (Wildman–Crippen MR) is 51.0 cm³/mol. The third kappa shape index (κ3) is 3.70. The van der Waals surface area contributed by atoms with E-state index in [9.17, 15) is 14.7 Å². The molecule has 0 aromatic rings. The van der Waals surface area contributed by atoms with E-state index in [1.54, 1.807) is 0 Å². The van der Waals surface area contributed by atoms with Crippen molar-refractivity contribution in [3.8, 4) is 0 Å². The third-order valence-electron chi connectivity index (χ3n) is 1.76. The summed E-state index contributed by atoms with van der Waals surface area (Å²) in [6, 6.07) is 0. The van der Waals surface area contributed by atoms with Gasteiger partial charge in [0.2, 0.25) is 0 Å². The normalized spacial score (nSPS) is 16.0. The maximum Gasteiger partial charge on any atom is 0.348 e. The molecule has 4 N–H and O–H groups in total. The van der Waals surface area contributed by atoms with Crippen molar-refractivity contribution in [2.45, 2.75) is 18.1 Å². The lowest BCUT2D eigenvalue weighted by Gasteiger charge is -2.21. The second-order valence-electron chi connectivity index (χ2n) is 3.09. The van der Waals surface area contributed by atoms with Crippen molar-refractivity contribution < 1.29 is 34.8 Å². The molecule has 2 atom stereocenters. The highest BCUT2D eigenvalue weighted by Crippen LogP contribution is 2.13. The van der Waals surface area contributed by atoms with Gasteiger partial charge in [0.1, 0.15) is 0 Å². The third-order valence-corrected chi connectivity index (χ3v) is 1.76. The number of hydrogen-bond acceptors (Lipinski definition) is 7. The molecule has 7 nitrogen and oxygen atoms in total. The van der Waals surface area contributed by atoms with Gasteiger partial charge >= 0.3 is 11.9 Å². The lowest BCUT2D eigenvalue weighted by Crippen LogP contribution is -2.45. The molecule has 0 spiro atoms. The summed E-state index contributed by atoms with van der Waals surface area (Å²) in [6.45, 7) is 1.38. The Kier molecular flexibility index (Phi) is 5.83. The molecular formula is C9H14O7. The molecule has 0 radical (unpaired) electrons. The molecule has 0 aliphatic rings. The Labute approximate surface area is 91.6 Å². The molecule has 0 heterocycles. The van der Waals surface area contributed by atoms with Crippen LogP contribution in [0.2, 0.25) is 0 Å². The van der Waals surface area contributed by atoms with Gasteiger partial charge in [0.25, 0.3) is 0 Å². The van der Waals surface area contributed by atoms with Crippen molar-refractivity contribution >= 4 is 11.9 Å². The van der Waals surface area contributed by atoms with E-state index in [4.69, 9.17) is 15.3 Å². The van der Waals surface area contributed by atoms with Crippen LogP contribution in [-0.2, 0) is 14.3 Å². The first-order valence-electron chi connectivity index (χ1n) is 4.40. The van der Waals surface area contributed by atoms with E-state index in [2.05, 4.69) is 11.3 Å². The summed E-state index contributed by atoms with van der Waals surface area (Å²) < 4.78 is 4.07. The van der Waals surface area contributed by atoms with Crippen LogP contribution in [0.4, 0.5) is 0 Å². The highest BCUT2D eigenvalue weighted by atomic mass is 16.6. The Morgan fingerprint density at radius 3 is 2.38 bits per heavy atom. The van der Waals surface area contributed by atoms with Crippen molar-refractivity contribution in [2.75, 3.05) is 13.2 Å². The van der Waals surface area contributed by atoms with Crippen LogP contribution in [0.25, 0.3) is 0 Å². The molecule has 0 aromatic carbocycles. The summed E-state index contributed by atoms with van der Waals surface area (Å²) >= 11 is 0. The predicted octanol–water partition coefficient (Wildman–Crippen LogP) is -2.29. The van der Waals surface area contributed by atoms with Crippen molar-refractivity contribution in [3.05, 3.63) is 12.7 Å². The molecule has 0 saturated heterocycles. The largest absolute Gasteiger partial charge is 0.393 e. The van der Waals surface area contributed by atoms with Crippen LogP contribution in [0.1, 0.15) is 6.42 Å². The Bertz CT molecular complexity index is 275. The molecule has 0 aliphatic carbocycles. The smallest absolute Gasteiger partial charge is 0.348 e. The van der Waals surface area contributed by atoms with Crippen LogP contribution in [0, 0.1) is 0 Å². The fraction of sp³-hybridized carbons (Fsp3) is 0.556. The van der Waals surface area contributed by atoms with Gasteiger partial charge in [-0.25, -0.2) is 9.59 Å². The van der Waals surface area contributed by atoms with Gasteiger partial charge in [0.15, 0.2) is 11.7 Å². The first kappa shape index (κ1) is 14.7. The molecule has 0 saturated carbocycles. The number of carbonyl (C=O) groups excluding carboxylic acids is 2. The van der Waals surface area contributed by atoms with Crippen LogP contribution in [0.3, 0.4) is 0 Å². The fourth-order valence-electron chi connectivity index (χ4n) is 0.780. The van der Waals surface area contributed by atoms with E-state index in [-0.39, 0.29) is 6.42 Å². The molecule has 7 heteroatoms. The van der Waals surface area contributed by atoms with Crippen LogP contribution in [0.15, 0.2) is 12.7 Å². The molecule has 0 bridgehead atoms. The van der Waals surface area contributed by atoms with Gasteiger partial charge < -0.3 is 25.2 Å². The van der Waals surface area contributed by atoms with Crippen LogP contribution in [0.5, 0.6) is 0 Å². The zero-order chi connectivity index (χ0) is 12.8. The van der Waals surface area contributed by atoms with E-state index in [1.165, 1.54) is 0 Å². The van der Waals surface area contributed by atoms with E-state index >= 15 is 0 Å². The molecule has 0 amide bonds. The Morgan fingerprint density at radius 2 is 2.00 bits per heavy atom. The van der Waals surface area contributed by atoms with Gasteiger partial charge in [0.05, 0.1) is 13.2 Å². The lowest BCUT2D eigenvalue weighted by atomic mass is 10.0. The maximum atomic E-state index is 11.2. The molecule has 0 aliphatic heterocycles. The topological polar surface area (TPSA) is 124 Å². The number of esters is 2. The number of ether oxygens (including phenoxy) is 1. The second-order valence-corrected chi connectivity index (χ2v) is 3.09. The van der Waals surface area contributed by atoms with E-state index < -0.39 is 36.9 Å². The Morgan fingerprint density at radius 1 is 1.44 bits per heavy atom. The van der Waals surface area contributed by atoms with Crippen molar-refractivity contribution in [2.24, 2.45) is 0 Å². The van der Waals surface area contributed by atoms with Gasteiger partial charge in [-0.1, -0.05) is 6.08 Å². The summed E-state index contributed by atoms with van der Waals surface area (Å²) in [5.41, 5.74) is -2.27. The van der Waals surface area contributed by atoms with Crippen LogP contribution in [-0.4, -0.2) is 57.3 Å². The SMILES string of the molecule is C=CCC(O)(CO)C(=O)OC(=O)C(O)CO. The van der Waals surface area contributed by atoms with Gasteiger partial charge in [-0.15, -0.1) is 6.58 Å². The molecule has 0 aromatic heterocycles. The molecule has 0 fully saturated rings. The molecule has 2 unspecified atom stereocenters. The van der Waals surface area contributed by atoms with E-state index in [0.717, 1.165) is 6.08 Å². The zero-order valence-corrected chi connectivity index (χ0v) is 8.50. The van der Waals surface area contributed by atoms with Crippen LogP contribution < -0.4 is 0 Å². The summed E-state index contributed by atoms with van der Waals surface area (Å²) in [5.74, 6) is -2.81. The number of carbonyl (C=O) groups is 2. The monoisotopic (exact) mass is 234 g/mol. The first-order chi connectivity index (χ1) is 7.41. The number of aliphatic hydroxyl groups excluding tert-OH is 3. The minimum atomic E-state index is -2.27. The average Bonchev–Trinajstić information content (AvgIpc) is 2.27. The lowest BCUT2D eigenvalue weighted by molar-refractivity contribution is -0.182. The average molecular weight is 234 g/mol. The fourth-order valence-corrected chi connectivity index (χ4v) is 0.780. The van der Waals surface area contributed by atoms with E-state index in [0.29, 0.717) is 0 Å². The second kappa shape index (κ2) is 6.33. The first-order valence-corrected chi connectivity index (χ1v) is 4.40. The highest BCUT2D eigenvalue weighted by Gasteiger charge is 2.38. The highest BCUT2D eigenvalue weighted by molar-refractivity contribution is 5.92. The molecule has 0 rings (SSSR count). The Balaban J connectivity index is 4.54. The summed E-state index contributed by atoms with van der Waals surface area (Å²) in [7, 11) is 0. The Hall–Kier alpha value is -1.28. The number of rotatable bonds is 6. The number of hydrogen-bond donors (Lipinski definition) is 4. The summed E-state index contributed by atoms with van der Waals surface area (Å²) in [6.07, 6.45) is -1.02. The molecular weight excluding hydrogens is 220 g/mol. The van der Waals surface area contributed by atoms with Crippen molar-refractivity contribution in [1.82, 2.24) is 0 Å². The number of aliphatic hydroxyl groups is 4. The summed E-state index contributed by atoms with van der Waals surface area (Å²) in [4.78, 5) is 22.1. The standard InChI is InChI=1S/C9H14O7/c1-2-3-9(15,5-11)8(14)16-7(13)6(12)4-10/h2,6,10-12,15H,1,3-5H2. The van der Waals surface area contributed by atoms with Gasteiger partial charge in [-0.2, -0.15) is 0 Å². The van der Waals surface area contributed by atoms with Crippen LogP contribution >= 0.6 is 0 Å². The van der Waals surface area contributed by atoms with Gasteiger partial charge in [-0.3, -0.25) is 0 Å². The maximum absolute atomic E-state index is 11.2. The summed E-state index contributed by atoms with van der Waals surface area (Å²) in [5, 5.41) is 35.5. The van der Waals surface area contributed by atoms with Gasteiger partial charge in [-0.05, 0) is 0 Å². The molecule has 16 heavy (non-hydrogen) atoms. The minimum absolute atomic E-state index is 0.315. The van der Waals surface area contributed by atoms with E-state index in [1.807, 2.05) is 0 Å².